The highest BCUT2D eigenvalue weighted by atomic mass is 79.9. The highest BCUT2D eigenvalue weighted by Gasteiger charge is 2.23. The van der Waals surface area contributed by atoms with Crippen molar-refractivity contribution in [3.05, 3.63) is 34.3 Å². The van der Waals surface area contributed by atoms with Crippen molar-refractivity contribution in [3.8, 4) is 0 Å². The number of carbonyl (C=O) groups excluding carboxylic acids is 3. The van der Waals surface area contributed by atoms with Crippen LogP contribution in [-0.2, 0) is 9.53 Å². The van der Waals surface area contributed by atoms with Crippen LogP contribution in [0.2, 0.25) is 0 Å². The van der Waals surface area contributed by atoms with E-state index in [0.29, 0.717) is 12.0 Å². The predicted molar refractivity (Wildman–Crippen MR) is 91.9 cm³/mol. The summed E-state index contributed by atoms with van der Waals surface area (Å²) in [6, 6.07) is 6.65. The average Bonchev–Trinajstić information content (AvgIpc) is 2.51. The van der Waals surface area contributed by atoms with Crippen molar-refractivity contribution < 1.29 is 24.2 Å². The van der Waals surface area contributed by atoms with Crippen LogP contribution in [0, 0.1) is 5.92 Å². The van der Waals surface area contributed by atoms with Crippen molar-refractivity contribution in [2.24, 2.45) is 5.92 Å². The van der Waals surface area contributed by atoms with Crippen molar-refractivity contribution in [3.63, 3.8) is 0 Å². The Morgan fingerprint density at radius 2 is 1.88 bits per heavy atom. The number of rotatable bonds is 10. The fourth-order valence-corrected chi connectivity index (χ4v) is 2.74. The fourth-order valence-electron chi connectivity index (χ4n) is 2.35. The maximum absolute atomic E-state index is 12.2. The van der Waals surface area contributed by atoms with Crippen molar-refractivity contribution in [1.82, 2.24) is 0 Å². The summed E-state index contributed by atoms with van der Waals surface area (Å²) in [4.78, 5) is 34.6. The molecule has 7 heteroatoms. The average molecular weight is 419 g/mol. The van der Waals surface area contributed by atoms with Gasteiger partial charge in [0.1, 0.15) is 6.10 Å². The van der Waals surface area contributed by atoms with Crippen molar-refractivity contribution in [2.75, 3.05) is 0 Å². The number of benzene rings is 1. The molecule has 0 radical (unpaired) electrons. The zero-order valence-electron chi connectivity index (χ0n) is 13.3. The maximum Gasteiger partial charge on any atom is 0.404 e. The number of hydrogen-bond donors (Lipinski definition) is 0. The van der Waals surface area contributed by atoms with E-state index in [0.717, 1.165) is 17.3 Å². The number of hydrogen-bond acceptors (Lipinski definition) is 5. The fraction of sp³-hybridized carbons (Fsp3) is 0.471. The first-order chi connectivity index (χ1) is 11.3. The van der Waals surface area contributed by atoms with Gasteiger partial charge in [-0.15, -0.1) is 0 Å². The molecule has 0 bridgehead atoms. The highest BCUT2D eigenvalue weighted by molar-refractivity contribution is 9.10. The SMILES string of the molecule is CCCCC(CC(CC(=O)c1ccc(Br)cc1)C(=O)[O-])OC(=O)Cl. The largest absolute Gasteiger partial charge is 0.550 e. The number of ketones is 1. The summed E-state index contributed by atoms with van der Waals surface area (Å²) < 4.78 is 5.78. The van der Waals surface area contributed by atoms with Gasteiger partial charge in [0.15, 0.2) is 5.78 Å². The Morgan fingerprint density at radius 3 is 2.38 bits per heavy atom. The molecule has 0 N–H and O–H groups in total. The summed E-state index contributed by atoms with van der Waals surface area (Å²) in [6.07, 6.45) is 1.26. The first-order valence-corrected chi connectivity index (χ1v) is 8.86. The summed E-state index contributed by atoms with van der Waals surface area (Å²) in [6.45, 7) is 1.97. The van der Waals surface area contributed by atoms with Crippen LogP contribution in [0.4, 0.5) is 4.79 Å². The first-order valence-electron chi connectivity index (χ1n) is 7.69. The minimum atomic E-state index is -1.34. The second-order valence-corrected chi connectivity index (χ2v) is 6.73. The summed E-state index contributed by atoms with van der Waals surface area (Å²) >= 11 is 8.51. The van der Waals surface area contributed by atoms with E-state index in [9.17, 15) is 19.5 Å². The molecule has 0 aliphatic heterocycles. The van der Waals surface area contributed by atoms with E-state index in [1.54, 1.807) is 24.3 Å². The maximum atomic E-state index is 12.2. The van der Waals surface area contributed by atoms with E-state index in [-0.39, 0.29) is 18.6 Å². The van der Waals surface area contributed by atoms with Gasteiger partial charge >= 0.3 is 5.43 Å². The Hall–Kier alpha value is -1.40. The van der Waals surface area contributed by atoms with Gasteiger partial charge in [0.25, 0.3) is 0 Å². The van der Waals surface area contributed by atoms with Crippen LogP contribution < -0.4 is 5.11 Å². The van der Waals surface area contributed by atoms with E-state index >= 15 is 0 Å². The Bertz CT molecular complexity index is 573. The van der Waals surface area contributed by atoms with Crippen LogP contribution in [0.5, 0.6) is 0 Å². The molecule has 0 saturated carbocycles. The number of carbonyl (C=O) groups is 3. The Morgan fingerprint density at radius 1 is 1.25 bits per heavy atom. The predicted octanol–water partition coefficient (Wildman–Crippen LogP) is 3.71. The zero-order valence-corrected chi connectivity index (χ0v) is 15.6. The number of ether oxygens (including phenoxy) is 1. The molecule has 1 rings (SSSR count). The molecular formula is C17H19BrClO5-. The van der Waals surface area contributed by atoms with Crippen LogP contribution in [0.1, 0.15) is 49.4 Å². The summed E-state index contributed by atoms with van der Waals surface area (Å²) in [5.74, 6) is -2.69. The van der Waals surface area contributed by atoms with Crippen LogP contribution in [-0.4, -0.2) is 23.3 Å². The van der Waals surface area contributed by atoms with Gasteiger partial charge in [-0.05, 0) is 25.0 Å². The normalized spacial score (nSPS) is 13.1. The van der Waals surface area contributed by atoms with Crippen LogP contribution in [0.25, 0.3) is 0 Å². The lowest BCUT2D eigenvalue weighted by Crippen LogP contribution is -2.35. The lowest BCUT2D eigenvalue weighted by atomic mass is 9.91. The molecule has 0 aromatic heterocycles. The molecule has 24 heavy (non-hydrogen) atoms. The molecule has 0 saturated heterocycles. The van der Waals surface area contributed by atoms with Crippen molar-refractivity contribution in [1.29, 1.82) is 0 Å². The summed E-state index contributed by atoms with van der Waals surface area (Å²) in [5, 5.41) is 11.4. The minimum absolute atomic E-state index is 0.00304. The molecule has 0 amide bonds. The third kappa shape index (κ3) is 7.45. The van der Waals surface area contributed by atoms with E-state index in [2.05, 4.69) is 15.9 Å². The number of carboxylic acid groups (broad SMARTS) is 1. The smallest absolute Gasteiger partial charge is 0.404 e. The van der Waals surface area contributed by atoms with Crippen LogP contribution in [0.3, 0.4) is 0 Å². The Kier molecular flexibility index (Phi) is 9.00. The second-order valence-electron chi connectivity index (χ2n) is 5.51. The van der Waals surface area contributed by atoms with Gasteiger partial charge < -0.3 is 14.6 Å². The molecule has 0 aliphatic carbocycles. The lowest BCUT2D eigenvalue weighted by Gasteiger charge is -2.23. The third-order valence-electron chi connectivity index (χ3n) is 3.62. The lowest BCUT2D eigenvalue weighted by molar-refractivity contribution is -0.312. The zero-order chi connectivity index (χ0) is 18.1. The first kappa shape index (κ1) is 20.6. The van der Waals surface area contributed by atoms with Gasteiger partial charge in [0.05, 0.1) is 0 Å². The molecule has 0 heterocycles. The molecule has 0 spiro atoms. The second kappa shape index (κ2) is 10.5. The molecule has 1 aromatic rings. The van der Waals surface area contributed by atoms with Crippen molar-refractivity contribution in [2.45, 2.75) is 45.1 Å². The number of halogens is 2. The van der Waals surface area contributed by atoms with Crippen LogP contribution in [0.15, 0.2) is 28.7 Å². The molecule has 0 fully saturated rings. The van der Waals surface area contributed by atoms with Crippen LogP contribution >= 0.6 is 27.5 Å². The van der Waals surface area contributed by atoms with Gasteiger partial charge in [-0.2, -0.15) is 0 Å². The molecule has 5 nitrogen and oxygen atoms in total. The molecular weight excluding hydrogens is 400 g/mol. The van der Waals surface area contributed by atoms with Crippen molar-refractivity contribution >= 4 is 44.7 Å². The van der Waals surface area contributed by atoms with E-state index in [1.807, 2.05) is 6.92 Å². The van der Waals surface area contributed by atoms with E-state index in [4.69, 9.17) is 16.3 Å². The molecule has 1 aromatic carbocycles. The van der Waals surface area contributed by atoms with Gasteiger partial charge in [-0.3, -0.25) is 4.79 Å². The van der Waals surface area contributed by atoms with E-state index < -0.39 is 23.4 Å². The number of Topliss-reactive ketones (excluding diaryl/α,β-unsaturated/α-hetero) is 1. The van der Waals surface area contributed by atoms with Gasteiger partial charge in [-0.25, -0.2) is 4.79 Å². The molecule has 2 unspecified atom stereocenters. The third-order valence-corrected chi connectivity index (χ3v) is 4.24. The van der Waals surface area contributed by atoms with E-state index in [1.165, 1.54) is 0 Å². The Balaban J connectivity index is 2.76. The molecule has 2 atom stereocenters. The minimum Gasteiger partial charge on any atom is -0.550 e. The topological polar surface area (TPSA) is 83.5 Å². The van der Waals surface area contributed by atoms with Gasteiger partial charge in [0, 0.05) is 39.9 Å². The number of unbranched alkanes of at least 4 members (excludes halogenated alkanes) is 1. The quantitative estimate of drug-likeness (QED) is 0.427. The van der Waals surface area contributed by atoms with Gasteiger partial charge in [0.2, 0.25) is 0 Å². The Labute approximate surface area is 154 Å². The molecule has 132 valence electrons. The molecule has 0 aliphatic rings. The summed E-state index contributed by atoms with van der Waals surface area (Å²) in [5.41, 5.74) is -0.559. The number of carboxylic acids is 1. The van der Waals surface area contributed by atoms with Gasteiger partial charge in [-0.1, -0.05) is 47.8 Å². The standard InChI is InChI=1S/C17H20BrClO5/c1-2-3-4-14(24-17(19)23)9-12(16(21)22)10-15(20)11-5-7-13(18)8-6-11/h5-8,12,14H,2-4,9-10H2,1H3,(H,21,22)/p-1. The highest BCUT2D eigenvalue weighted by Crippen LogP contribution is 2.21. The number of aliphatic carboxylic acids is 1. The summed E-state index contributed by atoms with van der Waals surface area (Å²) in [7, 11) is 0. The monoisotopic (exact) mass is 417 g/mol.